The Morgan fingerprint density at radius 3 is 1.89 bits per heavy atom. The molecule has 0 bridgehead atoms. The first-order chi connectivity index (χ1) is 13.5. The second-order valence-corrected chi connectivity index (χ2v) is 7.17. The molecule has 1 fully saturated rings. The molecule has 6 heteroatoms. The van der Waals surface area contributed by atoms with E-state index in [-0.39, 0.29) is 22.7 Å². The minimum absolute atomic E-state index is 0.146. The van der Waals surface area contributed by atoms with E-state index in [1.54, 1.807) is 6.07 Å². The van der Waals surface area contributed by atoms with Crippen LogP contribution in [0.2, 0.25) is 0 Å². The highest BCUT2D eigenvalue weighted by Gasteiger charge is 2.17. The van der Waals surface area contributed by atoms with Crippen molar-refractivity contribution in [1.29, 1.82) is 0 Å². The van der Waals surface area contributed by atoms with E-state index in [1.807, 2.05) is 33.5 Å². The van der Waals surface area contributed by atoms with Crippen molar-refractivity contribution >= 4 is 14.5 Å². The fraction of sp³-hybridized carbons (Fsp3) is 0.182. The summed E-state index contributed by atoms with van der Waals surface area (Å²) in [5.41, 5.74) is 2.70. The summed E-state index contributed by atoms with van der Waals surface area (Å²) < 4.78 is 53.4. The molecule has 1 aliphatic rings. The molecule has 3 aromatic rings. The number of hydrogen-bond acceptors (Lipinski definition) is 2. The number of ether oxygens (including phenoxy) is 2. The lowest BCUT2D eigenvalue weighted by Crippen LogP contribution is -2.17. The normalized spacial score (nSPS) is 15.0. The zero-order valence-electron chi connectivity index (χ0n) is 14.9. The topological polar surface area (TPSA) is 18.5 Å². The molecule has 1 unspecified atom stereocenters. The van der Waals surface area contributed by atoms with Crippen molar-refractivity contribution in [2.45, 2.75) is 12.7 Å². The zero-order valence-corrected chi connectivity index (χ0v) is 16.1. The molecule has 1 saturated heterocycles. The van der Waals surface area contributed by atoms with Crippen molar-refractivity contribution < 1.29 is 22.6 Å². The molecule has 144 valence electrons. The van der Waals surface area contributed by atoms with E-state index >= 15 is 0 Å². The SMILES string of the molecule is Fc1cc(-c2ccc(C3OCCCO3)cc2)ccc1-c1cc(F)c(P)c(F)c1. The largest absolute Gasteiger partial charge is 0.348 e. The number of benzene rings is 3. The van der Waals surface area contributed by atoms with E-state index in [1.165, 1.54) is 12.1 Å². The molecule has 3 aromatic carbocycles. The number of hydrogen-bond donors (Lipinski definition) is 0. The maximum Gasteiger partial charge on any atom is 0.183 e. The van der Waals surface area contributed by atoms with E-state index < -0.39 is 17.5 Å². The fourth-order valence-electron chi connectivity index (χ4n) is 3.18. The fourth-order valence-corrected chi connectivity index (χ4v) is 3.35. The Kier molecular flexibility index (Phi) is 5.49. The standard InChI is InChI=1S/C22H18F3O2P/c23-18-10-15(6-7-17(18)16-11-19(24)21(28)20(25)12-16)13-2-4-14(5-3-13)22-26-8-1-9-27-22/h2-7,10-12,22H,1,8-9,28H2. The Labute approximate surface area is 163 Å². The van der Waals surface area contributed by atoms with Crippen LogP contribution in [0.3, 0.4) is 0 Å². The molecule has 0 amide bonds. The molecular formula is C22H18F3O2P. The quantitative estimate of drug-likeness (QED) is 0.548. The molecular weight excluding hydrogens is 384 g/mol. The summed E-state index contributed by atoms with van der Waals surface area (Å²) >= 11 is 0. The lowest BCUT2D eigenvalue weighted by Gasteiger charge is -2.23. The molecule has 2 nitrogen and oxygen atoms in total. The second-order valence-electron chi connectivity index (χ2n) is 6.60. The summed E-state index contributed by atoms with van der Waals surface area (Å²) in [6.07, 6.45) is 0.514. The van der Waals surface area contributed by atoms with Gasteiger partial charge in [-0.05, 0) is 41.3 Å². The predicted octanol–water partition coefficient (Wildman–Crippen LogP) is 5.37. The van der Waals surface area contributed by atoms with Gasteiger partial charge in [-0.15, -0.1) is 0 Å². The van der Waals surface area contributed by atoms with Crippen molar-refractivity contribution in [3.05, 3.63) is 77.6 Å². The first-order valence-electron chi connectivity index (χ1n) is 8.91. The van der Waals surface area contributed by atoms with Gasteiger partial charge in [-0.25, -0.2) is 13.2 Å². The Morgan fingerprint density at radius 2 is 1.29 bits per heavy atom. The summed E-state index contributed by atoms with van der Waals surface area (Å²) in [5.74, 6) is -2.01. The Hall–Kier alpha value is -2.20. The average Bonchev–Trinajstić information content (AvgIpc) is 2.72. The Bertz CT molecular complexity index is 976. The molecule has 0 spiro atoms. The maximum atomic E-state index is 14.7. The molecule has 28 heavy (non-hydrogen) atoms. The minimum atomic E-state index is -0.730. The average molecular weight is 402 g/mol. The summed E-state index contributed by atoms with van der Waals surface area (Å²) in [5, 5.41) is -0.160. The highest BCUT2D eigenvalue weighted by atomic mass is 31.0. The molecule has 1 heterocycles. The summed E-state index contributed by atoms with van der Waals surface area (Å²) in [7, 11) is 2.00. The minimum Gasteiger partial charge on any atom is -0.348 e. The van der Waals surface area contributed by atoms with Gasteiger partial charge in [0.05, 0.1) is 13.2 Å². The summed E-state index contributed by atoms with van der Waals surface area (Å²) in [6, 6.07) is 14.4. The lowest BCUT2D eigenvalue weighted by atomic mass is 9.98. The van der Waals surface area contributed by atoms with Crippen LogP contribution in [0.15, 0.2) is 54.6 Å². The third-order valence-electron chi connectivity index (χ3n) is 4.70. The van der Waals surface area contributed by atoms with Crippen LogP contribution < -0.4 is 5.30 Å². The van der Waals surface area contributed by atoms with Gasteiger partial charge in [-0.1, -0.05) is 45.6 Å². The molecule has 0 aliphatic carbocycles. The van der Waals surface area contributed by atoms with Crippen LogP contribution in [-0.2, 0) is 9.47 Å². The van der Waals surface area contributed by atoms with Gasteiger partial charge in [0, 0.05) is 16.4 Å². The van der Waals surface area contributed by atoms with Crippen molar-refractivity contribution in [2.75, 3.05) is 13.2 Å². The van der Waals surface area contributed by atoms with E-state index in [4.69, 9.17) is 9.47 Å². The van der Waals surface area contributed by atoms with Crippen molar-refractivity contribution in [3.8, 4) is 22.3 Å². The van der Waals surface area contributed by atoms with Crippen molar-refractivity contribution in [1.82, 2.24) is 0 Å². The van der Waals surface area contributed by atoms with Crippen LogP contribution in [0.25, 0.3) is 22.3 Å². The van der Waals surface area contributed by atoms with E-state index in [2.05, 4.69) is 0 Å². The van der Waals surface area contributed by atoms with Gasteiger partial charge >= 0.3 is 0 Å². The van der Waals surface area contributed by atoms with Crippen LogP contribution in [0.1, 0.15) is 18.3 Å². The summed E-state index contributed by atoms with van der Waals surface area (Å²) in [6.45, 7) is 1.33. The van der Waals surface area contributed by atoms with Crippen LogP contribution in [0.5, 0.6) is 0 Å². The highest BCUT2D eigenvalue weighted by molar-refractivity contribution is 7.27. The second kappa shape index (κ2) is 8.04. The van der Waals surface area contributed by atoms with Gasteiger partial charge in [0.15, 0.2) is 6.29 Å². The molecule has 0 saturated carbocycles. The van der Waals surface area contributed by atoms with E-state index in [0.29, 0.717) is 18.8 Å². The molecule has 0 aromatic heterocycles. The zero-order chi connectivity index (χ0) is 19.7. The third kappa shape index (κ3) is 3.83. The molecule has 0 radical (unpaired) electrons. The van der Waals surface area contributed by atoms with Gasteiger partial charge < -0.3 is 9.47 Å². The number of halogens is 3. The first-order valence-corrected chi connectivity index (χ1v) is 9.48. The van der Waals surface area contributed by atoms with Crippen molar-refractivity contribution in [3.63, 3.8) is 0 Å². The highest BCUT2D eigenvalue weighted by Crippen LogP contribution is 2.30. The van der Waals surface area contributed by atoms with Gasteiger partial charge in [0.25, 0.3) is 0 Å². The predicted molar refractivity (Wildman–Crippen MR) is 106 cm³/mol. The molecule has 0 N–H and O–H groups in total. The van der Waals surface area contributed by atoms with E-state index in [9.17, 15) is 13.2 Å². The van der Waals surface area contributed by atoms with Crippen LogP contribution in [-0.4, -0.2) is 13.2 Å². The van der Waals surface area contributed by atoms with Gasteiger partial charge in [0.2, 0.25) is 0 Å². The summed E-state index contributed by atoms with van der Waals surface area (Å²) in [4.78, 5) is 0. The van der Waals surface area contributed by atoms with Crippen LogP contribution in [0.4, 0.5) is 13.2 Å². The molecule has 1 atom stereocenters. The van der Waals surface area contributed by atoms with Crippen LogP contribution >= 0.6 is 9.24 Å². The third-order valence-corrected chi connectivity index (χ3v) is 5.25. The Balaban J connectivity index is 1.61. The van der Waals surface area contributed by atoms with Gasteiger partial charge in [0.1, 0.15) is 17.5 Å². The van der Waals surface area contributed by atoms with Crippen molar-refractivity contribution in [2.24, 2.45) is 0 Å². The van der Waals surface area contributed by atoms with E-state index in [0.717, 1.165) is 29.7 Å². The molecule has 1 aliphatic heterocycles. The maximum absolute atomic E-state index is 14.7. The van der Waals surface area contributed by atoms with Crippen LogP contribution in [0, 0.1) is 17.5 Å². The molecule has 4 rings (SSSR count). The first kappa shape index (κ1) is 19.1. The lowest BCUT2D eigenvalue weighted by molar-refractivity contribution is -0.183. The number of rotatable bonds is 3. The monoisotopic (exact) mass is 402 g/mol. The smallest absolute Gasteiger partial charge is 0.183 e. The van der Waals surface area contributed by atoms with Gasteiger partial charge in [-0.2, -0.15) is 0 Å². The van der Waals surface area contributed by atoms with Gasteiger partial charge in [-0.3, -0.25) is 0 Å². The Morgan fingerprint density at radius 1 is 0.714 bits per heavy atom.